The van der Waals surface area contributed by atoms with Crippen LogP contribution in [-0.4, -0.2) is 38.6 Å². The number of morpholine rings is 1. The predicted molar refractivity (Wildman–Crippen MR) is 66.2 cm³/mol. The number of anilines is 1. The van der Waals surface area contributed by atoms with Crippen LogP contribution in [0.1, 0.15) is 17.3 Å². The van der Waals surface area contributed by atoms with Crippen LogP contribution >= 0.6 is 0 Å². The molecule has 1 aromatic rings. The highest BCUT2D eigenvalue weighted by Gasteiger charge is 2.21. The highest BCUT2D eigenvalue weighted by atomic mass is 16.5. The maximum Gasteiger partial charge on any atom is 0.253 e. The topological polar surface area (TPSA) is 55.8 Å². The summed E-state index contributed by atoms with van der Waals surface area (Å²) in [7, 11) is 1.51. The standard InChI is InChI=1S/C13H15NO4/c1-9(15)11-4-3-10(7-12(11)17-2)14-5-6-18-8-13(14)16/h3-4,7H,5-6,8H2,1-2H3. The summed E-state index contributed by atoms with van der Waals surface area (Å²) in [5.41, 5.74) is 1.24. The number of carbonyl (C=O) groups is 2. The van der Waals surface area contributed by atoms with Crippen molar-refractivity contribution in [1.29, 1.82) is 0 Å². The fourth-order valence-corrected chi connectivity index (χ4v) is 1.93. The van der Waals surface area contributed by atoms with Crippen LogP contribution in [0.15, 0.2) is 18.2 Å². The highest BCUT2D eigenvalue weighted by molar-refractivity contribution is 5.99. The van der Waals surface area contributed by atoms with Gasteiger partial charge in [-0.15, -0.1) is 0 Å². The van der Waals surface area contributed by atoms with Gasteiger partial charge in [0.05, 0.1) is 19.3 Å². The van der Waals surface area contributed by atoms with Crippen molar-refractivity contribution in [3.05, 3.63) is 23.8 Å². The number of carbonyl (C=O) groups excluding carboxylic acids is 2. The molecule has 2 rings (SSSR count). The molecule has 0 atom stereocenters. The van der Waals surface area contributed by atoms with E-state index < -0.39 is 0 Å². The molecule has 1 amide bonds. The van der Waals surface area contributed by atoms with Gasteiger partial charge in [-0.2, -0.15) is 0 Å². The molecule has 1 saturated heterocycles. The molecule has 0 aliphatic carbocycles. The number of hydrogen-bond donors (Lipinski definition) is 0. The van der Waals surface area contributed by atoms with E-state index in [1.165, 1.54) is 14.0 Å². The molecule has 0 bridgehead atoms. The number of hydrogen-bond acceptors (Lipinski definition) is 4. The molecule has 5 nitrogen and oxygen atoms in total. The van der Waals surface area contributed by atoms with E-state index in [9.17, 15) is 9.59 Å². The molecular formula is C13H15NO4. The van der Waals surface area contributed by atoms with E-state index in [0.29, 0.717) is 24.5 Å². The van der Waals surface area contributed by atoms with E-state index in [1.807, 2.05) is 0 Å². The van der Waals surface area contributed by atoms with Crippen molar-refractivity contribution < 1.29 is 19.1 Å². The summed E-state index contributed by atoms with van der Waals surface area (Å²) in [5, 5.41) is 0. The Morgan fingerprint density at radius 2 is 2.22 bits per heavy atom. The normalized spacial score (nSPS) is 15.7. The smallest absolute Gasteiger partial charge is 0.253 e. The third kappa shape index (κ3) is 2.36. The first-order chi connectivity index (χ1) is 8.63. The Morgan fingerprint density at radius 3 is 2.83 bits per heavy atom. The van der Waals surface area contributed by atoms with Crippen molar-refractivity contribution in [1.82, 2.24) is 0 Å². The Hall–Kier alpha value is -1.88. The van der Waals surface area contributed by atoms with E-state index in [1.54, 1.807) is 23.1 Å². The maximum absolute atomic E-state index is 11.7. The van der Waals surface area contributed by atoms with Gasteiger partial charge in [-0.25, -0.2) is 0 Å². The minimum Gasteiger partial charge on any atom is -0.496 e. The first kappa shape index (κ1) is 12.6. The van der Waals surface area contributed by atoms with Crippen LogP contribution in [0.4, 0.5) is 5.69 Å². The van der Waals surface area contributed by atoms with Crippen molar-refractivity contribution in [2.45, 2.75) is 6.92 Å². The molecule has 0 spiro atoms. The fourth-order valence-electron chi connectivity index (χ4n) is 1.93. The van der Waals surface area contributed by atoms with Crippen LogP contribution in [0.25, 0.3) is 0 Å². The van der Waals surface area contributed by atoms with Crippen molar-refractivity contribution in [2.75, 3.05) is 31.8 Å². The van der Waals surface area contributed by atoms with Crippen molar-refractivity contribution in [2.24, 2.45) is 0 Å². The van der Waals surface area contributed by atoms with Gasteiger partial charge < -0.3 is 14.4 Å². The van der Waals surface area contributed by atoms with Crippen molar-refractivity contribution in [3.8, 4) is 5.75 Å². The summed E-state index contributed by atoms with van der Waals surface area (Å²) in [4.78, 5) is 24.7. The zero-order valence-corrected chi connectivity index (χ0v) is 10.4. The van der Waals surface area contributed by atoms with E-state index in [2.05, 4.69) is 0 Å². The Bertz CT molecular complexity index is 484. The number of ketones is 1. The predicted octanol–water partition coefficient (Wildman–Crippen LogP) is 1.26. The van der Waals surface area contributed by atoms with Crippen LogP contribution in [0.3, 0.4) is 0 Å². The van der Waals surface area contributed by atoms with Gasteiger partial charge in [-0.3, -0.25) is 9.59 Å². The lowest BCUT2D eigenvalue weighted by molar-refractivity contribution is -0.125. The van der Waals surface area contributed by atoms with Crippen LogP contribution in [0, 0.1) is 0 Å². The van der Waals surface area contributed by atoms with Crippen LogP contribution < -0.4 is 9.64 Å². The van der Waals surface area contributed by atoms with Gasteiger partial charge in [-0.05, 0) is 19.1 Å². The Morgan fingerprint density at radius 1 is 1.44 bits per heavy atom. The van der Waals surface area contributed by atoms with Crippen molar-refractivity contribution >= 4 is 17.4 Å². The first-order valence-corrected chi connectivity index (χ1v) is 5.70. The molecule has 1 aromatic carbocycles. The van der Waals surface area contributed by atoms with Gasteiger partial charge >= 0.3 is 0 Å². The van der Waals surface area contributed by atoms with Gasteiger partial charge in [0.25, 0.3) is 5.91 Å². The Kier molecular flexibility index (Phi) is 3.62. The number of Topliss-reactive ketones (excluding diaryl/α,β-unsaturated/α-hetero) is 1. The minimum absolute atomic E-state index is 0.0632. The summed E-state index contributed by atoms with van der Waals surface area (Å²) >= 11 is 0. The third-order valence-electron chi connectivity index (χ3n) is 2.86. The third-order valence-corrected chi connectivity index (χ3v) is 2.86. The molecule has 18 heavy (non-hydrogen) atoms. The Balaban J connectivity index is 2.34. The largest absolute Gasteiger partial charge is 0.496 e. The van der Waals surface area contributed by atoms with Gasteiger partial charge in [0.15, 0.2) is 5.78 Å². The Labute approximate surface area is 105 Å². The highest BCUT2D eigenvalue weighted by Crippen LogP contribution is 2.26. The van der Waals surface area contributed by atoms with Gasteiger partial charge in [0, 0.05) is 18.3 Å². The fraction of sp³-hybridized carbons (Fsp3) is 0.385. The lowest BCUT2D eigenvalue weighted by Gasteiger charge is -2.27. The quantitative estimate of drug-likeness (QED) is 0.757. The van der Waals surface area contributed by atoms with Crippen LogP contribution in [-0.2, 0) is 9.53 Å². The minimum atomic E-state index is -0.0844. The summed E-state index contributed by atoms with van der Waals surface area (Å²) < 4.78 is 10.3. The molecule has 5 heteroatoms. The molecule has 0 radical (unpaired) electrons. The van der Waals surface area contributed by atoms with Gasteiger partial charge in [0.1, 0.15) is 12.4 Å². The second-order valence-corrected chi connectivity index (χ2v) is 4.04. The molecule has 0 saturated carbocycles. The van der Waals surface area contributed by atoms with E-state index in [-0.39, 0.29) is 18.3 Å². The number of methoxy groups -OCH3 is 1. The zero-order chi connectivity index (χ0) is 13.1. The number of amides is 1. The van der Waals surface area contributed by atoms with Crippen molar-refractivity contribution in [3.63, 3.8) is 0 Å². The summed E-state index contributed by atoms with van der Waals surface area (Å²) in [5.74, 6) is 0.338. The maximum atomic E-state index is 11.7. The molecule has 1 fully saturated rings. The number of benzene rings is 1. The molecular weight excluding hydrogens is 234 g/mol. The average Bonchev–Trinajstić information content (AvgIpc) is 2.38. The molecule has 1 aliphatic heterocycles. The number of rotatable bonds is 3. The number of ether oxygens (including phenoxy) is 2. The molecule has 1 heterocycles. The lowest BCUT2D eigenvalue weighted by atomic mass is 10.1. The zero-order valence-electron chi connectivity index (χ0n) is 10.4. The molecule has 96 valence electrons. The van der Waals surface area contributed by atoms with Crippen LogP contribution in [0.2, 0.25) is 0 Å². The first-order valence-electron chi connectivity index (χ1n) is 5.70. The number of nitrogens with zero attached hydrogens (tertiary/aromatic N) is 1. The van der Waals surface area contributed by atoms with Gasteiger partial charge in [-0.1, -0.05) is 0 Å². The van der Waals surface area contributed by atoms with Crippen LogP contribution in [0.5, 0.6) is 5.75 Å². The van der Waals surface area contributed by atoms with Gasteiger partial charge in [0.2, 0.25) is 0 Å². The summed E-state index contributed by atoms with van der Waals surface area (Å²) in [6, 6.07) is 5.14. The van der Waals surface area contributed by atoms with E-state index in [0.717, 1.165) is 5.69 Å². The monoisotopic (exact) mass is 249 g/mol. The molecule has 0 N–H and O–H groups in total. The SMILES string of the molecule is COc1cc(N2CCOCC2=O)ccc1C(C)=O. The molecule has 0 unspecified atom stereocenters. The molecule has 1 aliphatic rings. The summed E-state index contributed by atoms with van der Waals surface area (Å²) in [6.07, 6.45) is 0. The second-order valence-electron chi connectivity index (χ2n) is 4.04. The second kappa shape index (κ2) is 5.18. The van der Waals surface area contributed by atoms with E-state index >= 15 is 0 Å². The molecule has 0 aromatic heterocycles. The van der Waals surface area contributed by atoms with E-state index in [4.69, 9.17) is 9.47 Å². The summed E-state index contributed by atoms with van der Waals surface area (Å²) in [6.45, 7) is 2.61. The average molecular weight is 249 g/mol. The lowest BCUT2D eigenvalue weighted by Crippen LogP contribution is -2.41.